The number of hydrogen-bond donors (Lipinski definition) is 3. The fourth-order valence-electron chi connectivity index (χ4n) is 2.64. The molecule has 0 saturated heterocycles. The molecule has 150 valence electrons. The molecule has 2 amide bonds. The summed E-state index contributed by atoms with van der Waals surface area (Å²) in [5, 5.41) is 15.6. The number of carbonyl (C=O) groups is 3. The molecule has 27 heavy (non-hydrogen) atoms. The van der Waals surface area contributed by atoms with Crippen LogP contribution in [-0.4, -0.2) is 48.2 Å². The molecule has 0 heterocycles. The number of methoxy groups -OCH3 is 1. The van der Waals surface area contributed by atoms with E-state index in [1.54, 1.807) is 0 Å². The second-order valence-electron chi connectivity index (χ2n) is 6.80. The highest BCUT2D eigenvalue weighted by Crippen LogP contribution is 2.14. The van der Waals surface area contributed by atoms with Gasteiger partial charge in [-0.05, 0) is 36.5 Å². The molecule has 0 saturated carbocycles. The lowest BCUT2D eigenvalue weighted by atomic mass is 9.99. The smallest absolute Gasteiger partial charge is 0.328 e. The molecule has 0 aliphatic heterocycles. The van der Waals surface area contributed by atoms with Crippen LogP contribution in [0.3, 0.4) is 0 Å². The summed E-state index contributed by atoms with van der Waals surface area (Å²) in [6.07, 6.45) is -0.881. The van der Waals surface area contributed by atoms with Crippen LogP contribution in [0.1, 0.15) is 32.8 Å². The molecule has 0 aliphatic carbocycles. The second-order valence-corrected chi connectivity index (χ2v) is 7.71. The molecular formula is C19H27BrN2O5. The average Bonchev–Trinajstić information content (AvgIpc) is 2.60. The van der Waals surface area contributed by atoms with E-state index < -0.39 is 30.1 Å². The SMILES string of the molecule is COC(=O)[C@H](CC(C)C)NC(=O)[C@@H](O)[C@@H](Cc1ccc(Br)cc1)NC(C)=O. The van der Waals surface area contributed by atoms with E-state index >= 15 is 0 Å². The Morgan fingerprint density at radius 1 is 1.15 bits per heavy atom. The first-order chi connectivity index (χ1) is 12.6. The van der Waals surface area contributed by atoms with Crippen molar-refractivity contribution in [3.05, 3.63) is 34.3 Å². The van der Waals surface area contributed by atoms with Gasteiger partial charge >= 0.3 is 5.97 Å². The van der Waals surface area contributed by atoms with Gasteiger partial charge in [-0.2, -0.15) is 0 Å². The van der Waals surface area contributed by atoms with Crippen molar-refractivity contribution in [1.29, 1.82) is 0 Å². The number of carbonyl (C=O) groups excluding carboxylic acids is 3. The van der Waals surface area contributed by atoms with E-state index in [4.69, 9.17) is 4.74 Å². The Morgan fingerprint density at radius 2 is 1.74 bits per heavy atom. The first-order valence-electron chi connectivity index (χ1n) is 8.71. The van der Waals surface area contributed by atoms with Gasteiger partial charge in [0.15, 0.2) is 6.10 Å². The second kappa shape index (κ2) is 11.0. The maximum Gasteiger partial charge on any atom is 0.328 e. The van der Waals surface area contributed by atoms with Crippen molar-refractivity contribution in [1.82, 2.24) is 10.6 Å². The summed E-state index contributed by atoms with van der Waals surface area (Å²) in [5.41, 5.74) is 0.843. The largest absolute Gasteiger partial charge is 0.467 e. The van der Waals surface area contributed by atoms with Crippen molar-refractivity contribution in [2.45, 2.75) is 51.8 Å². The summed E-state index contributed by atoms with van der Waals surface area (Å²) in [5.74, 6) is -1.54. The minimum Gasteiger partial charge on any atom is -0.467 e. The van der Waals surface area contributed by atoms with Crippen molar-refractivity contribution in [3.63, 3.8) is 0 Å². The van der Waals surface area contributed by atoms with Crippen molar-refractivity contribution in [2.75, 3.05) is 7.11 Å². The number of aliphatic hydroxyl groups excluding tert-OH is 1. The Morgan fingerprint density at radius 3 is 2.22 bits per heavy atom. The fraction of sp³-hybridized carbons (Fsp3) is 0.526. The van der Waals surface area contributed by atoms with Gasteiger partial charge in [0.1, 0.15) is 6.04 Å². The normalized spacial score (nSPS) is 14.2. The molecule has 0 fully saturated rings. The maximum atomic E-state index is 12.5. The fourth-order valence-corrected chi connectivity index (χ4v) is 2.91. The van der Waals surface area contributed by atoms with Crippen LogP contribution < -0.4 is 10.6 Å². The quantitative estimate of drug-likeness (QED) is 0.503. The van der Waals surface area contributed by atoms with E-state index in [1.807, 2.05) is 38.1 Å². The van der Waals surface area contributed by atoms with E-state index in [2.05, 4.69) is 26.6 Å². The molecule has 3 atom stereocenters. The highest BCUT2D eigenvalue weighted by atomic mass is 79.9. The highest BCUT2D eigenvalue weighted by molar-refractivity contribution is 9.10. The van der Waals surface area contributed by atoms with Crippen molar-refractivity contribution in [2.24, 2.45) is 5.92 Å². The molecule has 1 aromatic rings. The predicted octanol–water partition coefficient (Wildman–Crippen LogP) is 1.56. The standard InChI is InChI=1S/C19H27BrN2O5/c1-11(2)9-16(19(26)27-4)22-18(25)17(24)15(21-12(3)23)10-13-5-7-14(20)8-6-13/h5-8,11,15-17,24H,9-10H2,1-4H3,(H,21,23)(H,22,25)/t15-,16+,17+/m1/s1. The number of benzene rings is 1. The zero-order valence-electron chi connectivity index (χ0n) is 16.0. The summed E-state index contributed by atoms with van der Waals surface area (Å²) >= 11 is 3.34. The Balaban J connectivity index is 2.89. The molecular weight excluding hydrogens is 416 g/mol. The van der Waals surface area contributed by atoms with Crippen LogP contribution in [-0.2, 0) is 25.5 Å². The average molecular weight is 443 g/mol. The number of amides is 2. The van der Waals surface area contributed by atoms with Crippen molar-refractivity contribution in [3.8, 4) is 0 Å². The summed E-state index contributed by atoms with van der Waals surface area (Å²) in [6, 6.07) is 5.65. The molecule has 8 heteroatoms. The van der Waals surface area contributed by atoms with Crippen LogP contribution in [0.5, 0.6) is 0 Å². The number of nitrogens with one attached hydrogen (secondary N) is 2. The minimum absolute atomic E-state index is 0.139. The lowest BCUT2D eigenvalue weighted by Crippen LogP contribution is -2.54. The number of hydrogen-bond acceptors (Lipinski definition) is 5. The first-order valence-corrected chi connectivity index (χ1v) is 9.51. The molecule has 0 spiro atoms. The Bertz CT molecular complexity index is 648. The lowest BCUT2D eigenvalue weighted by molar-refractivity contribution is -0.147. The monoisotopic (exact) mass is 442 g/mol. The Hall–Kier alpha value is -1.93. The topological polar surface area (TPSA) is 105 Å². The molecule has 1 aromatic carbocycles. The zero-order valence-corrected chi connectivity index (χ0v) is 17.6. The summed E-state index contributed by atoms with van der Waals surface area (Å²) < 4.78 is 5.61. The number of aliphatic hydroxyl groups is 1. The third-order valence-electron chi connectivity index (χ3n) is 3.92. The van der Waals surface area contributed by atoms with Crippen LogP contribution in [0, 0.1) is 5.92 Å². The summed E-state index contributed by atoms with van der Waals surface area (Å²) in [4.78, 5) is 35.9. The molecule has 7 nitrogen and oxygen atoms in total. The Labute approximate surface area is 168 Å². The third-order valence-corrected chi connectivity index (χ3v) is 4.45. The van der Waals surface area contributed by atoms with Crippen LogP contribution in [0.25, 0.3) is 0 Å². The van der Waals surface area contributed by atoms with Crippen LogP contribution >= 0.6 is 15.9 Å². The highest BCUT2D eigenvalue weighted by Gasteiger charge is 2.31. The van der Waals surface area contributed by atoms with Gasteiger partial charge in [0.2, 0.25) is 5.91 Å². The summed E-state index contributed by atoms with van der Waals surface area (Å²) in [7, 11) is 1.24. The minimum atomic E-state index is -1.52. The van der Waals surface area contributed by atoms with E-state index in [9.17, 15) is 19.5 Å². The molecule has 0 aromatic heterocycles. The van der Waals surface area contributed by atoms with Gasteiger partial charge in [-0.15, -0.1) is 0 Å². The van der Waals surface area contributed by atoms with Gasteiger partial charge in [-0.3, -0.25) is 9.59 Å². The van der Waals surface area contributed by atoms with Crippen molar-refractivity contribution >= 4 is 33.7 Å². The third kappa shape index (κ3) is 8.09. The van der Waals surface area contributed by atoms with Crippen LogP contribution in [0.2, 0.25) is 0 Å². The number of ether oxygens (including phenoxy) is 1. The van der Waals surface area contributed by atoms with Gasteiger partial charge in [-0.1, -0.05) is 41.9 Å². The van der Waals surface area contributed by atoms with E-state index in [0.29, 0.717) is 6.42 Å². The number of halogens is 1. The van der Waals surface area contributed by atoms with Gasteiger partial charge in [0, 0.05) is 11.4 Å². The molecule has 3 N–H and O–H groups in total. The molecule has 0 unspecified atom stereocenters. The molecule has 0 aliphatic rings. The number of rotatable bonds is 9. The Kier molecular flexibility index (Phi) is 9.45. The van der Waals surface area contributed by atoms with E-state index in [1.165, 1.54) is 14.0 Å². The number of esters is 1. The molecule has 1 rings (SSSR count). The van der Waals surface area contributed by atoms with E-state index in [-0.39, 0.29) is 18.2 Å². The van der Waals surface area contributed by atoms with E-state index in [0.717, 1.165) is 10.0 Å². The predicted molar refractivity (Wildman–Crippen MR) is 105 cm³/mol. The van der Waals surface area contributed by atoms with Gasteiger partial charge in [-0.25, -0.2) is 4.79 Å². The lowest BCUT2D eigenvalue weighted by Gasteiger charge is -2.25. The van der Waals surface area contributed by atoms with Gasteiger partial charge < -0.3 is 20.5 Å². The van der Waals surface area contributed by atoms with Crippen LogP contribution in [0.4, 0.5) is 0 Å². The summed E-state index contributed by atoms with van der Waals surface area (Å²) in [6.45, 7) is 5.13. The first kappa shape index (κ1) is 23.1. The zero-order chi connectivity index (χ0) is 20.6. The van der Waals surface area contributed by atoms with Gasteiger partial charge in [0.25, 0.3) is 5.91 Å². The van der Waals surface area contributed by atoms with Crippen molar-refractivity contribution < 1.29 is 24.2 Å². The van der Waals surface area contributed by atoms with Gasteiger partial charge in [0.05, 0.1) is 13.2 Å². The maximum absolute atomic E-state index is 12.5. The van der Waals surface area contributed by atoms with Crippen LogP contribution in [0.15, 0.2) is 28.7 Å². The molecule has 0 bridgehead atoms. The molecule has 0 radical (unpaired) electrons.